The molecular formula is C19H25N5O2. The van der Waals surface area contributed by atoms with Gasteiger partial charge in [0.2, 0.25) is 5.95 Å². The number of nitrogens with one attached hydrogen (secondary N) is 2. The molecule has 1 atom stereocenters. The number of hydrogen-bond acceptors (Lipinski definition) is 7. The van der Waals surface area contributed by atoms with Crippen molar-refractivity contribution < 1.29 is 9.47 Å². The molecule has 1 aromatic carbocycles. The highest BCUT2D eigenvalue weighted by molar-refractivity contribution is 5.53. The second kappa shape index (κ2) is 7.37. The molecule has 138 valence electrons. The minimum atomic E-state index is 0.0572. The molecule has 0 aliphatic carbocycles. The average Bonchev–Trinajstić information content (AvgIpc) is 3.01. The summed E-state index contributed by atoms with van der Waals surface area (Å²) in [7, 11) is 0. The van der Waals surface area contributed by atoms with Crippen molar-refractivity contribution in [3.8, 4) is 11.5 Å². The monoisotopic (exact) mass is 355 g/mol. The van der Waals surface area contributed by atoms with Crippen molar-refractivity contribution >= 4 is 11.8 Å². The first-order valence-electron chi connectivity index (χ1n) is 9.23. The third-order valence-electron chi connectivity index (χ3n) is 4.83. The summed E-state index contributed by atoms with van der Waals surface area (Å²) in [6.07, 6.45) is 2.67. The van der Waals surface area contributed by atoms with Gasteiger partial charge in [0.15, 0.2) is 11.5 Å². The zero-order valence-electron chi connectivity index (χ0n) is 15.0. The third-order valence-corrected chi connectivity index (χ3v) is 4.83. The molecule has 7 nitrogen and oxygen atoms in total. The van der Waals surface area contributed by atoms with Gasteiger partial charge in [0.05, 0.1) is 24.9 Å². The van der Waals surface area contributed by atoms with E-state index in [0.29, 0.717) is 19.2 Å². The molecule has 4 rings (SSSR count). The lowest BCUT2D eigenvalue weighted by atomic mass is 10.1. The second-order valence-electron chi connectivity index (χ2n) is 6.73. The molecule has 1 unspecified atom stereocenters. The number of ether oxygens (including phenoxy) is 2. The van der Waals surface area contributed by atoms with Crippen molar-refractivity contribution in [2.24, 2.45) is 0 Å². The highest BCUT2D eigenvalue weighted by atomic mass is 16.5. The topological polar surface area (TPSA) is 94.3 Å². The molecule has 26 heavy (non-hydrogen) atoms. The molecule has 2 aliphatic rings. The predicted molar refractivity (Wildman–Crippen MR) is 101 cm³/mol. The van der Waals surface area contributed by atoms with Crippen molar-refractivity contribution in [3.05, 3.63) is 35.0 Å². The Bertz CT molecular complexity index is 796. The summed E-state index contributed by atoms with van der Waals surface area (Å²) in [4.78, 5) is 8.90. The summed E-state index contributed by atoms with van der Waals surface area (Å²) in [5, 5.41) is 6.92. The fourth-order valence-electron chi connectivity index (χ4n) is 3.42. The van der Waals surface area contributed by atoms with E-state index in [-0.39, 0.29) is 6.04 Å². The van der Waals surface area contributed by atoms with E-state index in [4.69, 9.17) is 15.2 Å². The van der Waals surface area contributed by atoms with Gasteiger partial charge in [0, 0.05) is 24.9 Å². The van der Waals surface area contributed by atoms with Gasteiger partial charge in [-0.2, -0.15) is 4.98 Å². The quantitative estimate of drug-likeness (QED) is 0.776. The Morgan fingerprint density at radius 3 is 2.81 bits per heavy atom. The van der Waals surface area contributed by atoms with Crippen LogP contribution in [0.4, 0.5) is 11.8 Å². The van der Waals surface area contributed by atoms with Gasteiger partial charge in [-0.25, -0.2) is 4.98 Å². The number of nitrogens with zero attached hydrogens (tertiary/aromatic N) is 2. The molecule has 0 saturated carbocycles. The maximum Gasteiger partial charge on any atom is 0.222 e. The molecule has 2 aliphatic heterocycles. The molecule has 0 spiro atoms. The van der Waals surface area contributed by atoms with Gasteiger partial charge in [-0.05, 0) is 37.6 Å². The first kappa shape index (κ1) is 16.9. The van der Waals surface area contributed by atoms with Crippen LogP contribution in [0.3, 0.4) is 0 Å². The molecule has 0 amide bonds. The van der Waals surface area contributed by atoms with Crippen LogP contribution in [0.15, 0.2) is 18.2 Å². The smallest absolute Gasteiger partial charge is 0.222 e. The van der Waals surface area contributed by atoms with Gasteiger partial charge in [-0.1, -0.05) is 6.07 Å². The normalized spacial score (nSPS) is 17.6. The van der Waals surface area contributed by atoms with Crippen LogP contribution in [0.2, 0.25) is 0 Å². The van der Waals surface area contributed by atoms with Gasteiger partial charge < -0.3 is 25.8 Å². The van der Waals surface area contributed by atoms with Gasteiger partial charge in [-0.15, -0.1) is 0 Å². The number of fused-ring (bicyclic) bond motifs is 2. The van der Waals surface area contributed by atoms with E-state index in [1.54, 1.807) is 0 Å². The first-order valence-corrected chi connectivity index (χ1v) is 9.23. The Morgan fingerprint density at radius 2 is 1.92 bits per heavy atom. The first-order chi connectivity index (χ1) is 12.7. The Kier molecular flexibility index (Phi) is 4.79. The van der Waals surface area contributed by atoms with Crippen LogP contribution in [0.1, 0.15) is 36.2 Å². The molecule has 2 aromatic rings. The number of anilines is 2. The average molecular weight is 355 g/mol. The van der Waals surface area contributed by atoms with Gasteiger partial charge in [-0.3, -0.25) is 0 Å². The van der Waals surface area contributed by atoms with Crippen molar-refractivity contribution in [3.63, 3.8) is 0 Å². The minimum absolute atomic E-state index is 0.0572. The largest absolute Gasteiger partial charge is 0.490 e. The van der Waals surface area contributed by atoms with Crippen LogP contribution in [0.5, 0.6) is 11.5 Å². The van der Waals surface area contributed by atoms with E-state index in [1.807, 2.05) is 12.1 Å². The summed E-state index contributed by atoms with van der Waals surface area (Å²) in [6.45, 7) is 5.33. The number of nitrogen functional groups attached to an aromatic ring is 1. The SMILES string of the molecule is CC(Nc1nc(N)nc2c1CCNCC2)c1ccc2c(c1)OCCCO2. The predicted octanol–water partition coefficient (Wildman–Crippen LogP) is 2.08. The van der Waals surface area contributed by atoms with E-state index >= 15 is 0 Å². The Balaban J connectivity index is 1.59. The van der Waals surface area contributed by atoms with E-state index in [2.05, 4.69) is 33.6 Å². The molecule has 0 radical (unpaired) electrons. The maximum absolute atomic E-state index is 5.94. The zero-order valence-corrected chi connectivity index (χ0v) is 15.0. The number of hydrogen-bond donors (Lipinski definition) is 3. The molecule has 1 aromatic heterocycles. The Morgan fingerprint density at radius 1 is 1.12 bits per heavy atom. The molecule has 4 N–H and O–H groups in total. The Labute approximate surface area is 153 Å². The second-order valence-corrected chi connectivity index (χ2v) is 6.73. The van der Waals surface area contributed by atoms with Gasteiger partial charge >= 0.3 is 0 Å². The molecule has 0 bridgehead atoms. The lowest BCUT2D eigenvalue weighted by Crippen LogP contribution is -2.16. The fraction of sp³-hybridized carbons (Fsp3) is 0.474. The summed E-state index contributed by atoms with van der Waals surface area (Å²) in [6, 6.07) is 6.15. The molecule has 0 fully saturated rings. The number of rotatable bonds is 3. The molecular weight excluding hydrogens is 330 g/mol. The molecule has 3 heterocycles. The van der Waals surface area contributed by atoms with E-state index in [1.165, 1.54) is 0 Å². The fourth-order valence-corrected chi connectivity index (χ4v) is 3.42. The van der Waals surface area contributed by atoms with E-state index in [9.17, 15) is 0 Å². The summed E-state index contributed by atoms with van der Waals surface area (Å²) >= 11 is 0. The third kappa shape index (κ3) is 3.53. The van der Waals surface area contributed by atoms with E-state index < -0.39 is 0 Å². The summed E-state index contributed by atoms with van der Waals surface area (Å²) in [5.41, 5.74) is 9.25. The number of nitrogens with two attached hydrogens (primary N) is 1. The van der Waals surface area contributed by atoms with Crippen LogP contribution < -0.4 is 25.8 Å². The number of benzene rings is 1. The van der Waals surface area contributed by atoms with Crippen molar-refractivity contribution in [1.29, 1.82) is 0 Å². The summed E-state index contributed by atoms with van der Waals surface area (Å²) in [5.74, 6) is 2.76. The van der Waals surface area contributed by atoms with Crippen molar-refractivity contribution in [2.75, 3.05) is 37.4 Å². The molecule has 7 heteroatoms. The molecule has 0 saturated heterocycles. The van der Waals surface area contributed by atoms with Gasteiger partial charge in [0.1, 0.15) is 5.82 Å². The van der Waals surface area contributed by atoms with Crippen LogP contribution in [-0.4, -0.2) is 36.3 Å². The highest BCUT2D eigenvalue weighted by Crippen LogP contribution is 2.33. The lowest BCUT2D eigenvalue weighted by molar-refractivity contribution is 0.297. The van der Waals surface area contributed by atoms with Crippen molar-refractivity contribution in [2.45, 2.75) is 32.2 Å². The van der Waals surface area contributed by atoms with Crippen molar-refractivity contribution in [1.82, 2.24) is 15.3 Å². The van der Waals surface area contributed by atoms with Gasteiger partial charge in [0.25, 0.3) is 0 Å². The minimum Gasteiger partial charge on any atom is -0.490 e. The van der Waals surface area contributed by atoms with E-state index in [0.717, 1.165) is 66.5 Å². The highest BCUT2D eigenvalue weighted by Gasteiger charge is 2.19. The maximum atomic E-state index is 5.94. The van der Waals surface area contributed by atoms with Crippen LogP contribution in [-0.2, 0) is 12.8 Å². The van der Waals surface area contributed by atoms with Crippen LogP contribution in [0.25, 0.3) is 0 Å². The standard InChI is InChI=1S/C19H25N5O2/c1-12(13-3-4-16-17(11-13)26-10-2-9-25-16)22-18-14-5-7-21-8-6-15(14)23-19(20)24-18/h3-4,11-12,21H,2,5-10H2,1H3,(H3,20,22,23,24). The lowest BCUT2D eigenvalue weighted by Gasteiger charge is -2.20. The zero-order chi connectivity index (χ0) is 17.9. The summed E-state index contributed by atoms with van der Waals surface area (Å²) < 4.78 is 11.5. The van der Waals surface area contributed by atoms with Crippen LogP contribution >= 0.6 is 0 Å². The number of aromatic nitrogens is 2. The Hall–Kier alpha value is -2.54. The van der Waals surface area contributed by atoms with Crippen LogP contribution in [0, 0.1) is 0 Å².